The maximum Gasteiger partial charge on any atom is 0.319 e. The average molecular weight is 736 g/mol. The van der Waals surface area contributed by atoms with Crippen LogP contribution in [-0.4, -0.2) is 115 Å². The molecule has 0 aromatic rings. The predicted molar refractivity (Wildman–Crippen MR) is 206 cm³/mol. The van der Waals surface area contributed by atoms with Crippen LogP contribution in [0.4, 0.5) is 4.79 Å². The molecule has 2 heterocycles. The molecule has 2 N–H and O–H groups in total. The summed E-state index contributed by atoms with van der Waals surface area (Å²) in [6.07, 6.45) is 17.0. The van der Waals surface area contributed by atoms with Gasteiger partial charge in [-0.25, -0.2) is 4.79 Å². The number of rotatable bonds is 7. The van der Waals surface area contributed by atoms with Crippen LogP contribution in [0.15, 0.2) is 4.99 Å². The molecule has 0 bridgehead atoms. The Labute approximate surface area is 318 Å². The zero-order valence-corrected chi connectivity index (χ0v) is 33.9. The molecule has 10 heteroatoms. The van der Waals surface area contributed by atoms with Gasteiger partial charge in [-0.2, -0.15) is 0 Å². The molecule has 0 aromatic carbocycles. The van der Waals surface area contributed by atoms with E-state index in [1.165, 1.54) is 57.8 Å². The first-order valence-corrected chi connectivity index (χ1v) is 21.5. The van der Waals surface area contributed by atoms with Crippen LogP contribution in [0.5, 0.6) is 0 Å². The monoisotopic (exact) mass is 736 g/mol. The van der Waals surface area contributed by atoms with E-state index in [0.717, 1.165) is 70.4 Å². The highest BCUT2D eigenvalue weighted by Gasteiger charge is 2.74. The average Bonchev–Trinajstić information content (AvgIpc) is 3.47. The van der Waals surface area contributed by atoms with Gasteiger partial charge in [-0.1, -0.05) is 40.5 Å². The molecule has 2 aliphatic heterocycles. The first-order valence-electron chi connectivity index (χ1n) is 21.5. The molecule has 1 saturated heterocycles. The van der Waals surface area contributed by atoms with Gasteiger partial charge in [-0.05, 0) is 117 Å². The van der Waals surface area contributed by atoms with Gasteiger partial charge >= 0.3 is 18.0 Å². The highest BCUT2D eigenvalue weighted by Crippen LogP contribution is 2.73. The van der Waals surface area contributed by atoms with Gasteiger partial charge in [0.05, 0.1) is 22.8 Å². The molecule has 6 aliphatic carbocycles. The minimum Gasteiger partial charge on any atom is -0.481 e. The summed E-state index contributed by atoms with van der Waals surface area (Å²) in [7, 11) is 3.68. The van der Waals surface area contributed by atoms with E-state index in [4.69, 9.17) is 9.73 Å². The van der Waals surface area contributed by atoms with Crippen molar-refractivity contribution < 1.29 is 24.2 Å². The van der Waals surface area contributed by atoms with Crippen molar-refractivity contribution in [3.63, 3.8) is 0 Å². The van der Waals surface area contributed by atoms with Crippen LogP contribution >= 0.6 is 0 Å². The SMILES string of the molecule is CN(C)C(=O)N1CCN(CCNC23CCCC2[C@H]2CCC4[C@H](CCC[C@@]56N=C[C@]5(C)[C@@H](OC(=O)[C@H]5CC(C(=O)O)C5(C)C)CC[C@]46C)[C@]2(C)CC3)CC1. The third-order valence-corrected chi connectivity index (χ3v) is 18.3. The van der Waals surface area contributed by atoms with Gasteiger partial charge in [0.2, 0.25) is 0 Å². The number of aliphatic imine (C=N–C) groups is 1. The molecule has 6 saturated carbocycles. The van der Waals surface area contributed by atoms with Gasteiger partial charge in [0.25, 0.3) is 0 Å². The van der Waals surface area contributed by atoms with Crippen LogP contribution in [0.2, 0.25) is 0 Å². The van der Waals surface area contributed by atoms with E-state index in [0.29, 0.717) is 23.7 Å². The van der Waals surface area contributed by atoms with Gasteiger partial charge in [0.1, 0.15) is 6.10 Å². The summed E-state index contributed by atoms with van der Waals surface area (Å²) in [6.45, 7) is 17.1. The van der Waals surface area contributed by atoms with Crippen LogP contribution < -0.4 is 5.32 Å². The van der Waals surface area contributed by atoms with Crippen LogP contribution in [0, 0.1) is 57.2 Å². The van der Waals surface area contributed by atoms with Crippen molar-refractivity contribution >= 4 is 24.2 Å². The Bertz CT molecular complexity index is 1510. The van der Waals surface area contributed by atoms with Gasteiger partial charge in [0, 0.05) is 65.1 Å². The second kappa shape index (κ2) is 12.9. The van der Waals surface area contributed by atoms with Gasteiger partial charge in [0.15, 0.2) is 0 Å². The zero-order valence-electron chi connectivity index (χ0n) is 33.9. The fourth-order valence-corrected chi connectivity index (χ4v) is 15.0. The number of hydrogen-bond acceptors (Lipinski definition) is 7. The third kappa shape index (κ3) is 5.35. The Morgan fingerprint density at radius 2 is 1.51 bits per heavy atom. The van der Waals surface area contributed by atoms with E-state index in [1.807, 2.05) is 32.8 Å². The second-order valence-electron chi connectivity index (χ2n) is 20.7. The summed E-state index contributed by atoms with van der Waals surface area (Å²) in [5.74, 6) is 0.981. The molecule has 7 fully saturated rings. The number of ether oxygens (including phenoxy) is 1. The lowest BCUT2D eigenvalue weighted by Gasteiger charge is -2.69. The maximum absolute atomic E-state index is 13.7. The van der Waals surface area contributed by atoms with Crippen molar-refractivity contribution in [1.82, 2.24) is 20.0 Å². The van der Waals surface area contributed by atoms with Crippen molar-refractivity contribution in [2.75, 3.05) is 53.4 Å². The molecule has 0 aromatic heterocycles. The highest BCUT2D eigenvalue weighted by atomic mass is 16.5. The Morgan fingerprint density at radius 1 is 0.830 bits per heavy atom. The number of urea groups is 1. The summed E-state index contributed by atoms with van der Waals surface area (Å²) in [5, 5.41) is 13.9. The lowest BCUT2D eigenvalue weighted by Crippen LogP contribution is -2.73. The van der Waals surface area contributed by atoms with E-state index >= 15 is 0 Å². The molecule has 0 radical (unpaired) electrons. The third-order valence-electron chi connectivity index (χ3n) is 18.3. The lowest BCUT2D eigenvalue weighted by molar-refractivity contribution is -0.201. The molecular weight excluding hydrogens is 667 g/mol. The van der Waals surface area contributed by atoms with E-state index in [-0.39, 0.29) is 45.9 Å². The number of fused-ring (bicyclic) bond motifs is 6. The van der Waals surface area contributed by atoms with Crippen LogP contribution in [0.3, 0.4) is 0 Å². The number of nitrogens with zero attached hydrogens (tertiary/aromatic N) is 4. The molecule has 10 nitrogen and oxygen atoms in total. The molecule has 8 rings (SSSR count). The Kier molecular flexibility index (Phi) is 9.19. The van der Waals surface area contributed by atoms with Crippen LogP contribution in [0.25, 0.3) is 0 Å². The number of amides is 2. The van der Waals surface area contributed by atoms with Crippen molar-refractivity contribution in [3.05, 3.63) is 0 Å². The minimum atomic E-state index is -0.810. The highest BCUT2D eigenvalue weighted by molar-refractivity contribution is 5.82. The normalized spacial score (nSPS) is 46.9. The summed E-state index contributed by atoms with van der Waals surface area (Å²) in [6, 6.07) is 0.128. The lowest BCUT2D eigenvalue weighted by atomic mass is 9.38. The van der Waals surface area contributed by atoms with E-state index in [1.54, 1.807) is 4.90 Å². The standard InChI is InChI=1S/C43H69N5O5/c1-38(2)32(35(49)50)26-33(38)36(51)53-34-14-17-40(4)30-13-12-29-31-11-8-15-42(31,44-20-21-47-22-24-48(25-23-47)37(52)46(6)7)19-18-39(29,3)28(30)10-9-16-43(40)41(34,5)27-45-43/h27-34,44H,8-26H2,1-7H3,(H,49,50)/t28-,29+,30?,31?,32?,33+,34-,39-,40+,41+,42?,43-/m0/s1. The molecule has 296 valence electrons. The molecule has 2 amide bonds. The van der Waals surface area contributed by atoms with Crippen molar-refractivity contribution in [2.24, 2.45) is 62.2 Å². The number of carboxylic acid groups (broad SMARTS) is 1. The summed E-state index contributed by atoms with van der Waals surface area (Å²) < 4.78 is 6.47. The number of carbonyl (C=O) groups excluding carboxylic acids is 2. The molecule has 8 aliphatic rings. The van der Waals surface area contributed by atoms with Crippen molar-refractivity contribution in [2.45, 2.75) is 135 Å². The van der Waals surface area contributed by atoms with Crippen LogP contribution in [0.1, 0.15) is 118 Å². The van der Waals surface area contributed by atoms with E-state index in [2.05, 4.69) is 37.2 Å². The molecule has 53 heavy (non-hydrogen) atoms. The fraction of sp³-hybridized carbons (Fsp3) is 0.907. The number of piperazine rings is 1. The molecular formula is C43H69N5O5. The number of esters is 1. The zero-order chi connectivity index (χ0) is 37.8. The Morgan fingerprint density at radius 3 is 2.17 bits per heavy atom. The predicted octanol–water partition coefficient (Wildman–Crippen LogP) is 6.33. The second-order valence-corrected chi connectivity index (χ2v) is 20.7. The van der Waals surface area contributed by atoms with E-state index in [9.17, 15) is 19.5 Å². The fourth-order valence-electron chi connectivity index (χ4n) is 15.0. The number of aliphatic carboxylic acids is 1. The van der Waals surface area contributed by atoms with Gasteiger partial charge in [-0.15, -0.1) is 0 Å². The first-order chi connectivity index (χ1) is 25.0. The molecule has 1 spiro atoms. The Hall–Kier alpha value is -2.20. The number of carboxylic acids is 1. The van der Waals surface area contributed by atoms with Crippen molar-refractivity contribution in [1.29, 1.82) is 0 Å². The molecule has 12 atom stereocenters. The number of nitrogens with one attached hydrogen (secondary N) is 1. The van der Waals surface area contributed by atoms with Gasteiger partial charge in [-0.3, -0.25) is 19.5 Å². The summed E-state index contributed by atoms with van der Waals surface area (Å²) >= 11 is 0. The summed E-state index contributed by atoms with van der Waals surface area (Å²) in [5.41, 5.74) is -0.386. The number of hydrogen-bond donors (Lipinski definition) is 2. The number of carbonyl (C=O) groups is 3. The largest absolute Gasteiger partial charge is 0.481 e. The quantitative estimate of drug-likeness (QED) is 0.294. The van der Waals surface area contributed by atoms with Crippen LogP contribution in [-0.2, 0) is 14.3 Å². The topological polar surface area (TPSA) is 115 Å². The van der Waals surface area contributed by atoms with E-state index < -0.39 is 17.3 Å². The first kappa shape index (κ1) is 37.7. The minimum absolute atomic E-state index is 0.0718. The van der Waals surface area contributed by atoms with Gasteiger partial charge < -0.3 is 25.0 Å². The maximum atomic E-state index is 13.7. The molecule has 4 unspecified atom stereocenters. The Balaban J connectivity index is 0.939. The summed E-state index contributed by atoms with van der Waals surface area (Å²) in [4.78, 5) is 49.5. The van der Waals surface area contributed by atoms with Crippen molar-refractivity contribution in [3.8, 4) is 0 Å². The smallest absolute Gasteiger partial charge is 0.319 e.